The van der Waals surface area contributed by atoms with E-state index < -0.39 is 24.4 Å². The van der Waals surface area contributed by atoms with Crippen molar-refractivity contribution in [1.82, 2.24) is 0 Å². The molecule has 1 aliphatic rings. The summed E-state index contributed by atoms with van der Waals surface area (Å²) in [5, 5.41) is 11.5. The van der Waals surface area contributed by atoms with Gasteiger partial charge < -0.3 is 15.0 Å². The number of ether oxygens (including phenoxy) is 1. The van der Waals surface area contributed by atoms with E-state index in [1.54, 1.807) is 34.9 Å². The minimum absolute atomic E-state index is 0.0498. The summed E-state index contributed by atoms with van der Waals surface area (Å²) in [6.07, 6.45) is 2.00. The summed E-state index contributed by atoms with van der Waals surface area (Å²) < 4.78 is 5.09. The number of nitriles is 1. The lowest BCUT2D eigenvalue weighted by atomic mass is 10.1. The van der Waals surface area contributed by atoms with Gasteiger partial charge in [-0.05, 0) is 42.7 Å². The number of anilines is 2. The number of amides is 2. The number of esters is 1. The fourth-order valence-corrected chi connectivity index (χ4v) is 3.46. The molecular weight excluding hydrogens is 390 g/mol. The van der Waals surface area contributed by atoms with Crippen LogP contribution in [-0.4, -0.2) is 37.2 Å². The van der Waals surface area contributed by atoms with Crippen LogP contribution in [0.4, 0.5) is 11.4 Å². The molecule has 0 radical (unpaired) electrons. The average Bonchev–Trinajstić information content (AvgIpc) is 3.14. The largest absolute Gasteiger partial charge is 0.455 e. The maximum atomic E-state index is 12.3. The molecule has 1 fully saturated rings. The van der Waals surface area contributed by atoms with E-state index >= 15 is 0 Å². The van der Waals surface area contributed by atoms with Gasteiger partial charge in [-0.3, -0.25) is 14.4 Å². The van der Waals surface area contributed by atoms with Gasteiger partial charge in [-0.1, -0.05) is 12.1 Å². The summed E-state index contributed by atoms with van der Waals surface area (Å²) in [6.45, 7) is -0.233. The van der Waals surface area contributed by atoms with Crippen molar-refractivity contribution in [2.24, 2.45) is 5.92 Å². The third-order valence-electron chi connectivity index (χ3n) is 4.44. The number of hydrogen-bond acceptors (Lipinski definition) is 6. The number of hydrogen-bond donors (Lipinski definition) is 1. The molecule has 1 heterocycles. The average molecular weight is 409 g/mol. The first kappa shape index (κ1) is 20.4. The predicted molar refractivity (Wildman–Crippen MR) is 109 cm³/mol. The van der Waals surface area contributed by atoms with Crippen LogP contribution in [0.25, 0.3) is 0 Å². The summed E-state index contributed by atoms with van der Waals surface area (Å²) in [4.78, 5) is 39.3. The van der Waals surface area contributed by atoms with Gasteiger partial charge in [0.05, 0.1) is 17.6 Å². The molecule has 0 aliphatic carbocycles. The monoisotopic (exact) mass is 409 g/mol. The second-order valence-electron chi connectivity index (χ2n) is 6.46. The fourth-order valence-electron chi connectivity index (χ4n) is 3.01. The van der Waals surface area contributed by atoms with E-state index in [0.29, 0.717) is 11.3 Å². The maximum absolute atomic E-state index is 12.3. The molecule has 1 saturated heterocycles. The highest BCUT2D eigenvalue weighted by Crippen LogP contribution is 2.28. The van der Waals surface area contributed by atoms with Crippen LogP contribution in [0.3, 0.4) is 0 Å². The lowest BCUT2D eigenvalue weighted by Crippen LogP contribution is -2.28. The smallest absolute Gasteiger partial charge is 0.311 e. The number of carbonyl (C=O) groups is 3. The molecular formula is C21H19N3O4S. The molecule has 0 aromatic heterocycles. The highest BCUT2D eigenvalue weighted by molar-refractivity contribution is 7.98. The van der Waals surface area contributed by atoms with Crippen molar-refractivity contribution in [3.8, 4) is 6.07 Å². The molecule has 1 N–H and O–H groups in total. The number of nitrogens with zero attached hydrogens (tertiary/aromatic N) is 2. The highest BCUT2D eigenvalue weighted by Gasteiger charge is 2.36. The Bertz CT molecular complexity index is 986. The van der Waals surface area contributed by atoms with Crippen molar-refractivity contribution in [3.63, 3.8) is 0 Å². The Balaban J connectivity index is 1.53. The van der Waals surface area contributed by atoms with Crippen LogP contribution in [0.2, 0.25) is 0 Å². The van der Waals surface area contributed by atoms with Crippen molar-refractivity contribution in [2.75, 3.05) is 29.6 Å². The molecule has 7 nitrogen and oxygen atoms in total. The Kier molecular flexibility index (Phi) is 6.52. The first-order valence-corrected chi connectivity index (χ1v) is 10.1. The van der Waals surface area contributed by atoms with Gasteiger partial charge in [-0.2, -0.15) is 5.26 Å². The van der Waals surface area contributed by atoms with Crippen molar-refractivity contribution in [1.29, 1.82) is 5.26 Å². The quantitative estimate of drug-likeness (QED) is 0.582. The van der Waals surface area contributed by atoms with Crippen LogP contribution >= 0.6 is 11.8 Å². The van der Waals surface area contributed by atoms with Crippen molar-refractivity contribution >= 4 is 40.9 Å². The molecule has 8 heteroatoms. The number of nitrogens with one attached hydrogen (secondary N) is 1. The first-order valence-electron chi connectivity index (χ1n) is 8.91. The normalized spacial score (nSPS) is 15.7. The van der Waals surface area contributed by atoms with Crippen LogP contribution in [0, 0.1) is 17.2 Å². The number of carbonyl (C=O) groups excluding carboxylic acids is 3. The number of benzene rings is 2. The first-order chi connectivity index (χ1) is 14.0. The standard InChI is InChI=1S/C21H19N3O4S/c1-29-18-7-3-6-17(10-18)24-12-15(9-20(24)26)21(27)28-13-19(25)23-16-5-2-4-14(8-16)11-22/h2-8,10,15H,9,12-13H2,1H3,(H,23,25)/t15-/m0/s1. The third-order valence-corrected chi connectivity index (χ3v) is 5.17. The van der Waals surface area contributed by atoms with E-state index in [9.17, 15) is 14.4 Å². The zero-order valence-corrected chi connectivity index (χ0v) is 16.6. The van der Waals surface area contributed by atoms with Gasteiger partial charge >= 0.3 is 5.97 Å². The number of thioether (sulfide) groups is 1. The molecule has 148 valence electrons. The fraction of sp³-hybridized carbons (Fsp3) is 0.238. The van der Waals surface area contributed by atoms with Crippen LogP contribution < -0.4 is 10.2 Å². The van der Waals surface area contributed by atoms with E-state index in [2.05, 4.69) is 5.32 Å². The Hall–Kier alpha value is -3.31. The number of rotatable bonds is 6. The van der Waals surface area contributed by atoms with Crippen molar-refractivity contribution < 1.29 is 19.1 Å². The van der Waals surface area contributed by atoms with Crippen LogP contribution in [0.1, 0.15) is 12.0 Å². The lowest BCUT2D eigenvalue weighted by molar-refractivity contribution is -0.151. The van der Waals surface area contributed by atoms with Gasteiger partial charge in [0, 0.05) is 29.2 Å². The molecule has 0 unspecified atom stereocenters. The van der Waals surface area contributed by atoms with Crippen LogP contribution in [0.15, 0.2) is 53.4 Å². The second-order valence-corrected chi connectivity index (χ2v) is 7.34. The van der Waals surface area contributed by atoms with Gasteiger partial charge in [-0.25, -0.2) is 0 Å². The van der Waals surface area contributed by atoms with E-state index in [4.69, 9.17) is 10.00 Å². The molecule has 2 amide bonds. The van der Waals surface area contributed by atoms with Gasteiger partial charge in [0.15, 0.2) is 6.61 Å². The third kappa shape index (κ3) is 5.15. The van der Waals surface area contributed by atoms with Crippen LogP contribution in [0.5, 0.6) is 0 Å². The lowest BCUT2D eigenvalue weighted by Gasteiger charge is -2.17. The second kappa shape index (κ2) is 9.26. The maximum Gasteiger partial charge on any atom is 0.311 e. The molecule has 0 saturated carbocycles. The van der Waals surface area contributed by atoms with E-state index in [1.165, 1.54) is 6.07 Å². The van der Waals surface area contributed by atoms with Gasteiger partial charge in [0.25, 0.3) is 5.91 Å². The Morgan fingerprint density at radius 1 is 1.28 bits per heavy atom. The van der Waals surface area contributed by atoms with Gasteiger partial charge in [0.2, 0.25) is 5.91 Å². The minimum atomic E-state index is -0.616. The Morgan fingerprint density at radius 3 is 2.83 bits per heavy atom. The van der Waals surface area contributed by atoms with Gasteiger partial charge in [-0.15, -0.1) is 11.8 Å². The molecule has 3 rings (SSSR count). The van der Waals surface area contributed by atoms with Crippen molar-refractivity contribution in [2.45, 2.75) is 11.3 Å². The summed E-state index contributed by atoms with van der Waals surface area (Å²) >= 11 is 1.57. The molecule has 1 aliphatic heterocycles. The molecule has 2 aromatic rings. The summed E-state index contributed by atoms with van der Waals surface area (Å²) in [6, 6.07) is 15.9. The highest BCUT2D eigenvalue weighted by atomic mass is 32.2. The summed E-state index contributed by atoms with van der Waals surface area (Å²) in [5.41, 5.74) is 1.60. The molecule has 0 spiro atoms. The summed E-state index contributed by atoms with van der Waals surface area (Å²) in [7, 11) is 0. The topological polar surface area (TPSA) is 99.5 Å². The Morgan fingerprint density at radius 2 is 2.07 bits per heavy atom. The zero-order chi connectivity index (χ0) is 20.8. The molecule has 1 atom stereocenters. The molecule has 29 heavy (non-hydrogen) atoms. The SMILES string of the molecule is CSc1cccc(N2C[C@@H](C(=O)OCC(=O)Nc3cccc(C#N)c3)CC2=O)c1. The summed E-state index contributed by atoms with van der Waals surface area (Å²) in [5.74, 6) is -1.86. The van der Waals surface area contributed by atoms with E-state index in [-0.39, 0.29) is 18.9 Å². The van der Waals surface area contributed by atoms with Gasteiger partial charge in [0.1, 0.15) is 0 Å². The van der Waals surface area contributed by atoms with E-state index in [1.807, 2.05) is 36.6 Å². The Labute approximate surface area is 172 Å². The zero-order valence-electron chi connectivity index (χ0n) is 15.8. The van der Waals surface area contributed by atoms with E-state index in [0.717, 1.165) is 10.6 Å². The minimum Gasteiger partial charge on any atom is -0.455 e. The molecule has 0 bridgehead atoms. The molecule has 2 aromatic carbocycles. The van der Waals surface area contributed by atoms with Crippen molar-refractivity contribution in [3.05, 3.63) is 54.1 Å². The predicted octanol–water partition coefficient (Wildman–Crippen LogP) is 2.81. The van der Waals surface area contributed by atoms with Crippen LogP contribution in [-0.2, 0) is 19.1 Å².